The Balaban J connectivity index is 2.24. The van der Waals surface area contributed by atoms with E-state index in [9.17, 15) is 8.42 Å². The van der Waals surface area contributed by atoms with Crippen LogP contribution in [0.1, 0.15) is 39.0 Å². The molecule has 0 saturated heterocycles. The van der Waals surface area contributed by atoms with Gasteiger partial charge in [-0.25, -0.2) is 18.1 Å². The van der Waals surface area contributed by atoms with Gasteiger partial charge in [0.05, 0.1) is 0 Å². The van der Waals surface area contributed by atoms with Crippen LogP contribution in [0, 0.1) is 5.92 Å². The van der Waals surface area contributed by atoms with Crippen LogP contribution in [-0.2, 0) is 10.0 Å². The summed E-state index contributed by atoms with van der Waals surface area (Å²) in [7, 11) is -3.63. The average molecular weight is 382 g/mol. The van der Waals surface area contributed by atoms with Gasteiger partial charge in [-0.05, 0) is 40.8 Å². The van der Waals surface area contributed by atoms with Crippen LogP contribution in [0.2, 0.25) is 5.15 Å². The average Bonchev–Trinajstić information content (AvgIpc) is 2.41. The normalized spacial score (nSPS) is 23.8. The highest BCUT2D eigenvalue weighted by Crippen LogP contribution is 2.29. The molecule has 2 unspecified atom stereocenters. The van der Waals surface area contributed by atoms with Crippen molar-refractivity contribution >= 4 is 37.6 Å². The summed E-state index contributed by atoms with van der Waals surface area (Å²) < 4.78 is 28.4. The van der Waals surface area contributed by atoms with Gasteiger partial charge < -0.3 is 0 Å². The van der Waals surface area contributed by atoms with Crippen molar-refractivity contribution in [3.63, 3.8) is 0 Å². The molecule has 7 heteroatoms. The first-order valence-electron chi connectivity index (χ1n) is 6.77. The van der Waals surface area contributed by atoms with Crippen molar-refractivity contribution in [3.05, 3.63) is 21.9 Å². The minimum atomic E-state index is -3.63. The predicted molar refractivity (Wildman–Crippen MR) is 83.3 cm³/mol. The monoisotopic (exact) mass is 380 g/mol. The fourth-order valence-electron chi connectivity index (χ4n) is 2.71. The lowest BCUT2D eigenvalue weighted by Gasteiger charge is -2.31. The number of hydrogen-bond donors (Lipinski definition) is 1. The van der Waals surface area contributed by atoms with Crippen molar-refractivity contribution in [1.82, 2.24) is 9.71 Å². The Kier molecular flexibility index (Phi) is 5.45. The minimum Gasteiger partial charge on any atom is -0.242 e. The molecule has 4 nitrogen and oxygen atoms in total. The Morgan fingerprint density at radius 2 is 2.15 bits per heavy atom. The van der Waals surface area contributed by atoms with Crippen LogP contribution in [0.25, 0.3) is 0 Å². The zero-order chi connectivity index (χ0) is 14.8. The third-order valence-corrected chi connectivity index (χ3v) is 6.15. The summed E-state index contributed by atoms with van der Waals surface area (Å²) in [6, 6.07) is 1.48. The maximum Gasteiger partial charge on any atom is 0.243 e. The van der Waals surface area contributed by atoms with Crippen molar-refractivity contribution in [2.75, 3.05) is 0 Å². The molecule has 0 spiro atoms. The van der Waals surface area contributed by atoms with E-state index in [1.165, 1.54) is 18.7 Å². The summed E-state index contributed by atoms with van der Waals surface area (Å²) in [4.78, 5) is 3.91. The van der Waals surface area contributed by atoms with Gasteiger partial charge in [0.1, 0.15) is 10.0 Å². The Morgan fingerprint density at radius 1 is 1.45 bits per heavy atom. The molecule has 1 aromatic heterocycles. The van der Waals surface area contributed by atoms with Crippen LogP contribution < -0.4 is 4.72 Å². The Morgan fingerprint density at radius 3 is 2.85 bits per heavy atom. The highest BCUT2D eigenvalue weighted by molar-refractivity contribution is 9.10. The molecule has 1 heterocycles. The third kappa shape index (κ3) is 3.72. The van der Waals surface area contributed by atoms with Gasteiger partial charge in [-0.2, -0.15) is 0 Å². The molecule has 0 radical (unpaired) electrons. The largest absolute Gasteiger partial charge is 0.243 e. The van der Waals surface area contributed by atoms with E-state index in [4.69, 9.17) is 11.6 Å². The fraction of sp³-hybridized carbons (Fsp3) is 0.615. The van der Waals surface area contributed by atoms with E-state index in [0.717, 1.165) is 25.7 Å². The van der Waals surface area contributed by atoms with Crippen LogP contribution in [-0.4, -0.2) is 19.4 Å². The lowest BCUT2D eigenvalue weighted by Crippen LogP contribution is -2.41. The van der Waals surface area contributed by atoms with Crippen LogP contribution in [0.4, 0.5) is 0 Å². The Hall–Kier alpha value is -0.170. The number of aromatic nitrogens is 1. The number of nitrogens with zero attached hydrogens (tertiary/aromatic N) is 1. The van der Waals surface area contributed by atoms with Gasteiger partial charge in [0, 0.05) is 16.7 Å². The van der Waals surface area contributed by atoms with Crippen molar-refractivity contribution in [1.29, 1.82) is 0 Å². The first-order valence-corrected chi connectivity index (χ1v) is 9.43. The summed E-state index contributed by atoms with van der Waals surface area (Å²) >= 11 is 9.14. The van der Waals surface area contributed by atoms with Crippen molar-refractivity contribution < 1.29 is 8.42 Å². The molecule has 1 aromatic rings. The first-order chi connectivity index (χ1) is 9.44. The van der Waals surface area contributed by atoms with Crippen LogP contribution in [0.5, 0.6) is 0 Å². The molecular weight excluding hydrogens is 364 g/mol. The van der Waals surface area contributed by atoms with E-state index < -0.39 is 10.0 Å². The molecule has 1 N–H and O–H groups in total. The highest BCUT2D eigenvalue weighted by Gasteiger charge is 2.29. The third-order valence-electron chi connectivity index (χ3n) is 3.80. The van der Waals surface area contributed by atoms with Crippen molar-refractivity contribution in [2.45, 2.75) is 50.0 Å². The van der Waals surface area contributed by atoms with Crippen molar-refractivity contribution in [3.8, 4) is 0 Å². The molecule has 0 aromatic carbocycles. The second-order valence-corrected chi connectivity index (χ2v) is 8.08. The second-order valence-electron chi connectivity index (χ2n) is 5.12. The molecule has 1 fully saturated rings. The molecule has 1 aliphatic rings. The standard InChI is InChI=1S/C13H18BrClN2O2S/c1-2-9-5-3-4-6-11(9)17-20(18,19)12-7-10(14)8-16-13(12)15/h7-9,11,17H,2-6H2,1H3. The highest BCUT2D eigenvalue weighted by atomic mass is 79.9. The molecule has 2 rings (SSSR count). The van der Waals surface area contributed by atoms with Gasteiger partial charge in [0.2, 0.25) is 10.0 Å². The van der Waals surface area contributed by atoms with Crippen molar-refractivity contribution in [2.24, 2.45) is 5.92 Å². The quantitative estimate of drug-likeness (QED) is 0.808. The Bertz CT molecular complexity index is 580. The number of halogens is 2. The maximum absolute atomic E-state index is 12.5. The first kappa shape index (κ1) is 16.2. The van der Waals surface area contributed by atoms with Gasteiger partial charge >= 0.3 is 0 Å². The number of nitrogens with one attached hydrogen (secondary N) is 1. The molecule has 20 heavy (non-hydrogen) atoms. The molecule has 0 amide bonds. The molecule has 1 aliphatic carbocycles. The van der Waals surface area contributed by atoms with Gasteiger partial charge in [-0.15, -0.1) is 0 Å². The molecule has 1 saturated carbocycles. The Labute approximate surface area is 133 Å². The summed E-state index contributed by atoms with van der Waals surface area (Å²) in [6.07, 6.45) is 6.67. The fourth-order valence-corrected chi connectivity index (χ4v) is 4.99. The van der Waals surface area contributed by atoms with Gasteiger partial charge in [0.15, 0.2) is 0 Å². The van der Waals surface area contributed by atoms with E-state index in [1.54, 1.807) is 0 Å². The van der Waals surface area contributed by atoms with E-state index in [0.29, 0.717) is 10.4 Å². The van der Waals surface area contributed by atoms with Gasteiger partial charge in [-0.3, -0.25) is 0 Å². The SMILES string of the molecule is CCC1CCCCC1NS(=O)(=O)c1cc(Br)cnc1Cl. The van der Waals surface area contributed by atoms with Gasteiger partial charge in [-0.1, -0.05) is 37.8 Å². The smallest absolute Gasteiger partial charge is 0.242 e. The topological polar surface area (TPSA) is 59.1 Å². The lowest BCUT2D eigenvalue weighted by atomic mass is 9.83. The summed E-state index contributed by atoms with van der Waals surface area (Å²) in [6.45, 7) is 2.10. The van der Waals surface area contributed by atoms with Gasteiger partial charge in [0.25, 0.3) is 0 Å². The number of hydrogen-bond acceptors (Lipinski definition) is 3. The maximum atomic E-state index is 12.5. The number of sulfonamides is 1. The lowest BCUT2D eigenvalue weighted by molar-refractivity contribution is 0.282. The van der Waals surface area contributed by atoms with E-state index in [-0.39, 0.29) is 16.1 Å². The van der Waals surface area contributed by atoms with Crippen LogP contribution in [0.3, 0.4) is 0 Å². The molecule has 0 aliphatic heterocycles. The number of pyridine rings is 1. The molecule has 112 valence electrons. The summed E-state index contributed by atoms with van der Waals surface area (Å²) in [5.41, 5.74) is 0. The second kappa shape index (κ2) is 6.73. The molecule has 0 bridgehead atoms. The van der Waals surface area contributed by atoms with Crippen LogP contribution in [0.15, 0.2) is 21.6 Å². The summed E-state index contributed by atoms with van der Waals surface area (Å²) in [5.74, 6) is 0.400. The van der Waals surface area contributed by atoms with E-state index in [2.05, 4.69) is 32.6 Å². The number of rotatable bonds is 4. The minimum absolute atomic E-state index is 0.00422. The van der Waals surface area contributed by atoms with E-state index >= 15 is 0 Å². The van der Waals surface area contributed by atoms with Crippen LogP contribution >= 0.6 is 27.5 Å². The zero-order valence-corrected chi connectivity index (χ0v) is 14.4. The van der Waals surface area contributed by atoms with E-state index in [1.807, 2.05) is 0 Å². The molecular formula is C13H18BrClN2O2S. The summed E-state index contributed by atoms with van der Waals surface area (Å²) in [5, 5.41) is 0.00422. The zero-order valence-electron chi connectivity index (χ0n) is 11.3. The molecule has 2 atom stereocenters. The predicted octanol–water partition coefficient (Wildman–Crippen LogP) is 3.74.